The zero-order valence-corrected chi connectivity index (χ0v) is 12.6. The first-order chi connectivity index (χ1) is 10.9. The number of aromatic nitrogens is 2. The Bertz CT molecular complexity index is 657. The highest BCUT2D eigenvalue weighted by atomic mass is 19.4. The second kappa shape index (κ2) is 6.23. The summed E-state index contributed by atoms with van der Waals surface area (Å²) in [4.78, 5) is 8.63. The van der Waals surface area contributed by atoms with E-state index in [-0.39, 0.29) is 5.92 Å². The molecule has 0 saturated carbocycles. The number of nitrogen functional groups attached to an aromatic ring is 1. The van der Waals surface area contributed by atoms with Gasteiger partial charge in [-0.15, -0.1) is 0 Å². The number of imidazole rings is 1. The van der Waals surface area contributed by atoms with Gasteiger partial charge in [0.05, 0.1) is 6.20 Å². The predicted octanol–water partition coefficient (Wildman–Crippen LogP) is 3.39. The number of nitrogens with zero attached hydrogens (tertiary/aromatic N) is 2. The van der Waals surface area contributed by atoms with Crippen LogP contribution < -0.4 is 5.73 Å². The predicted molar refractivity (Wildman–Crippen MR) is 81.7 cm³/mol. The third-order valence-corrected chi connectivity index (χ3v) is 4.23. The minimum atomic E-state index is -4.36. The fourth-order valence-corrected chi connectivity index (χ4v) is 3.00. The fourth-order valence-electron chi connectivity index (χ4n) is 3.00. The molecule has 2 aromatic rings. The van der Waals surface area contributed by atoms with Gasteiger partial charge in [0, 0.05) is 18.2 Å². The summed E-state index contributed by atoms with van der Waals surface area (Å²) in [7, 11) is 0. The largest absolute Gasteiger partial charge is 0.432 e. The number of halogens is 3. The number of nitrogens with one attached hydrogen (secondary N) is 1. The van der Waals surface area contributed by atoms with Crippen molar-refractivity contribution in [1.82, 2.24) is 14.9 Å². The van der Waals surface area contributed by atoms with Crippen molar-refractivity contribution in [1.29, 1.82) is 0 Å². The number of anilines is 1. The molecule has 1 aliphatic rings. The standard InChI is InChI=1S/C16H19F3N4/c17-16(18,19)14-9-21-15(22-14)12-4-6-23(7-5-12)10-11-2-1-3-13(20)8-11/h1-3,8-9,12H,4-7,10,20H2,(H,21,22). The number of hydrogen-bond donors (Lipinski definition) is 2. The van der Waals surface area contributed by atoms with E-state index in [2.05, 4.69) is 14.9 Å². The maximum atomic E-state index is 12.6. The summed E-state index contributed by atoms with van der Waals surface area (Å²) in [5.74, 6) is 0.504. The van der Waals surface area contributed by atoms with Crippen LogP contribution in [0.2, 0.25) is 0 Å². The summed E-state index contributed by atoms with van der Waals surface area (Å²) in [6.45, 7) is 2.48. The summed E-state index contributed by atoms with van der Waals surface area (Å²) in [6.07, 6.45) is -1.88. The van der Waals surface area contributed by atoms with Crippen LogP contribution in [0.4, 0.5) is 18.9 Å². The molecular weight excluding hydrogens is 305 g/mol. The molecule has 1 aromatic carbocycles. The maximum Gasteiger partial charge on any atom is 0.432 e. The van der Waals surface area contributed by atoms with Crippen molar-refractivity contribution < 1.29 is 13.2 Å². The number of hydrogen-bond acceptors (Lipinski definition) is 3. The minimum Gasteiger partial charge on any atom is -0.399 e. The van der Waals surface area contributed by atoms with Gasteiger partial charge < -0.3 is 10.7 Å². The molecule has 4 nitrogen and oxygen atoms in total. The van der Waals surface area contributed by atoms with Crippen LogP contribution in [-0.2, 0) is 12.7 Å². The molecule has 1 aromatic heterocycles. The fraction of sp³-hybridized carbons (Fsp3) is 0.438. The highest BCUT2D eigenvalue weighted by Crippen LogP contribution is 2.31. The Hall–Kier alpha value is -2.02. The Kier molecular flexibility index (Phi) is 4.30. The number of aromatic amines is 1. The number of rotatable bonds is 3. The van der Waals surface area contributed by atoms with E-state index in [4.69, 9.17) is 5.73 Å². The Morgan fingerprint density at radius 1 is 1.26 bits per heavy atom. The smallest absolute Gasteiger partial charge is 0.399 e. The van der Waals surface area contributed by atoms with E-state index >= 15 is 0 Å². The third-order valence-electron chi connectivity index (χ3n) is 4.23. The average Bonchev–Trinajstić information content (AvgIpc) is 2.98. The number of benzene rings is 1. The average molecular weight is 324 g/mol. The molecule has 3 N–H and O–H groups in total. The molecule has 1 saturated heterocycles. The first-order valence-electron chi connectivity index (χ1n) is 7.60. The van der Waals surface area contributed by atoms with Gasteiger partial charge >= 0.3 is 6.18 Å². The van der Waals surface area contributed by atoms with Gasteiger partial charge in [-0.05, 0) is 43.6 Å². The Morgan fingerprint density at radius 3 is 2.61 bits per heavy atom. The summed E-state index contributed by atoms with van der Waals surface area (Å²) >= 11 is 0. The SMILES string of the molecule is Nc1cccc(CN2CCC(c3ncc(C(F)(F)F)[nH]3)CC2)c1. The molecule has 0 atom stereocenters. The second-order valence-electron chi connectivity index (χ2n) is 5.98. The highest BCUT2D eigenvalue weighted by molar-refractivity contribution is 5.40. The normalized spacial score (nSPS) is 17.5. The molecule has 124 valence electrons. The van der Waals surface area contributed by atoms with Crippen LogP contribution in [0.5, 0.6) is 0 Å². The Labute approximate surface area is 132 Å². The Morgan fingerprint density at radius 2 is 2.00 bits per heavy atom. The lowest BCUT2D eigenvalue weighted by molar-refractivity contribution is -0.141. The van der Waals surface area contributed by atoms with E-state index in [9.17, 15) is 13.2 Å². The van der Waals surface area contributed by atoms with Crippen molar-refractivity contribution >= 4 is 5.69 Å². The van der Waals surface area contributed by atoms with Crippen LogP contribution in [0, 0.1) is 0 Å². The van der Waals surface area contributed by atoms with E-state index in [1.807, 2.05) is 24.3 Å². The topological polar surface area (TPSA) is 57.9 Å². The summed E-state index contributed by atoms with van der Waals surface area (Å²) in [5.41, 5.74) is 6.90. The molecule has 23 heavy (non-hydrogen) atoms. The van der Waals surface area contributed by atoms with Gasteiger partial charge in [0.1, 0.15) is 11.5 Å². The molecular formula is C16H19F3N4. The van der Waals surface area contributed by atoms with Crippen LogP contribution in [0.15, 0.2) is 30.5 Å². The molecule has 0 spiro atoms. The number of piperidine rings is 1. The lowest BCUT2D eigenvalue weighted by Crippen LogP contribution is -2.32. The van der Waals surface area contributed by atoms with E-state index in [1.54, 1.807) is 0 Å². The maximum absolute atomic E-state index is 12.6. The first-order valence-corrected chi connectivity index (χ1v) is 7.60. The van der Waals surface area contributed by atoms with E-state index in [0.717, 1.165) is 49.9 Å². The first kappa shape index (κ1) is 15.9. The molecule has 0 aliphatic carbocycles. The molecule has 0 bridgehead atoms. The van der Waals surface area contributed by atoms with Crippen molar-refractivity contribution in [2.24, 2.45) is 0 Å². The van der Waals surface area contributed by atoms with Crippen molar-refractivity contribution in [3.05, 3.63) is 47.5 Å². The minimum absolute atomic E-state index is 0.0585. The van der Waals surface area contributed by atoms with Crippen LogP contribution in [0.3, 0.4) is 0 Å². The molecule has 1 fully saturated rings. The van der Waals surface area contributed by atoms with Gasteiger partial charge in [0.25, 0.3) is 0 Å². The second-order valence-corrected chi connectivity index (χ2v) is 5.98. The van der Waals surface area contributed by atoms with E-state index in [1.165, 1.54) is 0 Å². The van der Waals surface area contributed by atoms with Gasteiger partial charge in [0.2, 0.25) is 0 Å². The summed E-state index contributed by atoms with van der Waals surface area (Å²) in [6, 6.07) is 7.77. The number of alkyl halides is 3. The zero-order chi connectivity index (χ0) is 16.4. The van der Waals surface area contributed by atoms with E-state index in [0.29, 0.717) is 5.82 Å². The third kappa shape index (κ3) is 3.85. The summed E-state index contributed by atoms with van der Waals surface area (Å²) in [5, 5.41) is 0. The van der Waals surface area contributed by atoms with Crippen molar-refractivity contribution in [3.63, 3.8) is 0 Å². The number of nitrogens with two attached hydrogens (primary N) is 1. The molecule has 7 heteroatoms. The van der Waals surface area contributed by atoms with Gasteiger partial charge in [-0.3, -0.25) is 4.90 Å². The quantitative estimate of drug-likeness (QED) is 0.851. The lowest BCUT2D eigenvalue weighted by Gasteiger charge is -2.31. The molecule has 0 amide bonds. The van der Waals surface area contributed by atoms with Crippen molar-refractivity contribution in [3.8, 4) is 0 Å². The lowest BCUT2D eigenvalue weighted by atomic mass is 9.96. The van der Waals surface area contributed by atoms with Crippen molar-refractivity contribution in [2.75, 3.05) is 18.8 Å². The highest BCUT2D eigenvalue weighted by Gasteiger charge is 2.34. The van der Waals surface area contributed by atoms with Crippen LogP contribution in [0.1, 0.15) is 35.8 Å². The molecule has 1 aliphatic heterocycles. The molecule has 0 radical (unpaired) electrons. The Balaban J connectivity index is 1.57. The van der Waals surface area contributed by atoms with Crippen LogP contribution >= 0.6 is 0 Å². The monoisotopic (exact) mass is 324 g/mol. The van der Waals surface area contributed by atoms with Crippen LogP contribution in [-0.4, -0.2) is 28.0 Å². The number of likely N-dealkylation sites (tertiary alicyclic amines) is 1. The van der Waals surface area contributed by atoms with Gasteiger partial charge in [0.15, 0.2) is 0 Å². The number of H-pyrrole nitrogens is 1. The molecule has 0 unspecified atom stereocenters. The molecule has 3 rings (SSSR count). The van der Waals surface area contributed by atoms with Gasteiger partial charge in [-0.2, -0.15) is 13.2 Å². The van der Waals surface area contributed by atoms with E-state index < -0.39 is 11.9 Å². The summed E-state index contributed by atoms with van der Waals surface area (Å²) < 4.78 is 37.8. The van der Waals surface area contributed by atoms with Gasteiger partial charge in [-0.25, -0.2) is 4.98 Å². The van der Waals surface area contributed by atoms with Crippen LogP contribution in [0.25, 0.3) is 0 Å². The van der Waals surface area contributed by atoms with Gasteiger partial charge in [-0.1, -0.05) is 12.1 Å². The molecule has 2 heterocycles. The van der Waals surface area contributed by atoms with Crippen molar-refractivity contribution in [2.45, 2.75) is 31.5 Å². The zero-order valence-electron chi connectivity index (χ0n) is 12.6.